The number of aryl methyl sites for hydroxylation is 1. The zero-order chi connectivity index (χ0) is 14.7. The second-order valence-electron chi connectivity index (χ2n) is 4.80. The lowest BCUT2D eigenvalue weighted by molar-refractivity contribution is 0.101. The van der Waals surface area contributed by atoms with E-state index in [-0.39, 0.29) is 5.78 Å². The molecule has 0 aliphatic rings. The minimum absolute atomic E-state index is 0.142. The molecule has 2 aromatic carbocycles. The minimum Gasteiger partial charge on any atom is -0.344 e. The molecule has 0 fully saturated rings. The number of carbonyl (C=O) groups excluding carboxylic acids is 1. The molecule has 0 unspecified atom stereocenters. The fourth-order valence-corrected chi connectivity index (χ4v) is 2.18. The second-order valence-corrected chi connectivity index (χ2v) is 4.80. The third-order valence-electron chi connectivity index (χ3n) is 3.43. The summed E-state index contributed by atoms with van der Waals surface area (Å²) in [6.07, 6.45) is 0.985. The molecule has 0 radical (unpaired) electrons. The molecule has 0 saturated carbocycles. The van der Waals surface area contributed by atoms with Gasteiger partial charge in [-0.05, 0) is 49.2 Å². The zero-order valence-electron chi connectivity index (χ0n) is 12.0. The van der Waals surface area contributed by atoms with E-state index in [1.807, 2.05) is 24.1 Å². The minimum atomic E-state index is -0.395. The Hall–Kier alpha value is -2.16. The van der Waals surface area contributed by atoms with Gasteiger partial charge in [-0.15, -0.1) is 0 Å². The van der Waals surface area contributed by atoms with Gasteiger partial charge in [0.25, 0.3) is 0 Å². The van der Waals surface area contributed by atoms with Gasteiger partial charge >= 0.3 is 0 Å². The Labute approximate surface area is 118 Å². The summed E-state index contributed by atoms with van der Waals surface area (Å²) in [5.74, 6) is -0.537. The summed E-state index contributed by atoms with van der Waals surface area (Å²) in [6.45, 7) is 3.55. The SMILES string of the molecule is CCc1ccc(N(C)c2ccc(F)cc2C(C)=O)cc1. The molecule has 3 heteroatoms. The van der Waals surface area contributed by atoms with Gasteiger partial charge in [0, 0.05) is 18.3 Å². The van der Waals surface area contributed by atoms with Crippen molar-refractivity contribution in [2.45, 2.75) is 20.3 Å². The molecule has 104 valence electrons. The first-order valence-electron chi connectivity index (χ1n) is 6.66. The van der Waals surface area contributed by atoms with E-state index in [4.69, 9.17) is 0 Å². The lowest BCUT2D eigenvalue weighted by Gasteiger charge is -2.22. The highest BCUT2D eigenvalue weighted by Crippen LogP contribution is 2.28. The molecule has 0 N–H and O–H groups in total. The van der Waals surface area contributed by atoms with Crippen molar-refractivity contribution in [3.05, 3.63) is 59.4 Å². The van der Waals surface area contributed by atoms with E-state index in [1.165, 1.54) is 24.6 Å². The van der Waals surface area contributed by atoms with Gasteiger partial charge < -0.3 is 4.90 Å². The van der Waals surface area contributed by atoms with Crippen molar-refractivity contribution in [1.82, 2.24) is 0 Å². The molecule has 0 saturated heterocycles. The molecule has 0 aliphatic carbocycles. The highest BCUT2D eigenvalue weighted by molar-refractivity contribution is 6.00. The summed E-state index contributed by atoms with van der Waals surface area (Å²) in [4.78, 5) is 13.6. The number of hydrogen-bond acceptors (Lipinski definition) is 2. The molecular formula is C17H18FNO. The number of carbonyl (C=O) groups is 1. The van der Waals surface area contributed by atoms with Crippen molar-refractivity contribution in [1.29, 1.82) is 0 Å². The number of hydrogen-bond donors (Lipinski definition) is 0. The van der Waals surface area contributed by atoms with Crippen molar-refractivity contribution < 1.29 is 9.18 Å². The van der Waals surface area contributed by atoms with Crippen LogP contribution in [0.25, 0.3) is 0 Å². The molecule has 20 heavy (non-hydrogen) atoms. The van der Waals surface area contributed by atoms with E-state index in [0.717, 1.165) is 12.1 Å². The fourth-order valence-electron chi connectivity index (χ4n) is 2.18. The number of Topliss-reactive ketones (excluding diaryl/α,β-unsaturated/α-hetero) is 1. The average molecular weight is 271 g/mol. The molecule has 0 heterocycles. The summed E-state index contributed by atoms with van der Waals surface area (Å²) in [5.41, 5.74) is 3.33. The van der Waals surface area contributed by atoms with Crippen molar-refractivity contribution in [2.24, 2.45) is 0 Å². The number of ketones is 1. The Kier molecular flexibility index (Phi) is 4.18. The van der Waals surface area contributed by atoms with E-state index < -0.39 is 5.82 Å². The molecule has 0 aliphatic heterocycles. The number of rotatable bonds is 4. The van der Waals surface area contributed by atoms with Crippen LogP contribution < -0.4 is 4.90 Å². The zero-order valence-corrected chi connectivity index (χ0v) is 12.0. The van der Waals surface area contributed by atoms with Gasteiger partial charge in [-0.1, -0.05) is 19.1 Å². The van der Waals surface area contributed by atoms with E-state index in [1.54, 1.807) is 6.07 Å². The maximum absolute atomic E-state index is 13.3. The van der Waals surface area contributed by atoms with Crippen LogP contribution in [0.4, 0.5) is 15.8 Å². The first-order valence-corrected chi connectivity index (χ1v) is 6.66. The van der Waals surface area contributed by atoms with Gasteiger partial charge in [0.05, 0.1) is 5.69 Å². The van der Waals surface area contributed by atoms with Gasteiger partial charge in [-0.25, -0.2) is 4.39 Å². The number of benzene rings is 2. The molecule has 2 aromatic rings. The topological polar surface area (TPSA) is 20.3 Å². The van der Waals surface area contributed by atoms with Crippen molar-refractivity contribution in [3.63, 3.8) is 0 Å². The van der Waals surface area contributed by atoms with Crippen molar-refractivity contribution >= 4 is 17.2 Å². The Morgan fingerprint density at radius 2 is 1.80 bits per heavy atom. The van der Waals surface area contributed by atoms with Gasteiger partial charge in [-0.3, -0.25) is 4.79 Å². The Balaban J connectivity index is 2.41. The smallest absolute Gasteiger partial charge is 0.162 e. The van der Waals surface area contributed by atoms with Gasteiger partial charge in [-0.2, -0.15) is 0 Å². The van der Waals surface area contributed by atoms with Crippen molar-refractivity contribution in [3.8, 4) is 0 Å². The molecule has 2 nitrogen and oxygen atoms in total. The predicted molar refractivity (Wildman–Crippen MR) is 80.3 cm³/mol. The molecule has 0 amide bonds. The summed E-state index contributed by atoms with van der Waals surface area (Å²) < 4.78 is 13.3. The summed E-state index contributed by atoms with van der Waals surface area (Å²) in [7, 11) is 1.88. The predicted octanol–water partition coefficient (Wildman–Crippen LogP) is 4.36. The van der Waals surface area contributed by atoms with Crippen LogP contribution in [0.15, 0.2) is 42.5 Å². The fraction of sp³-hybridized carbons (Fsp3) is 0.235. The third kappa shape index (κ3) is 2.87. The molecule has 0 aromatic heterocycles. The first kappa shape index (κ1) is 14.3. The highest BCUT2D eigenvalue weighted by Gasteiger charge is 2.13. The monoisotopic (exact) mass is 271 g/mol. The Morgan fingerprint density at radius 3 is 2.35 bits per heavy atom. The molecule has 0 spiro atoms. The largest absolute Gasteiger partial charge is 0.344 e. The maximum Gasteiger partial charge on any atom is 0.162 e. The third-order valence-corrected chi connectivity index (χ3v) is 3.43. The molecule has 2 rings (SSSR count). The van der Waals surface area contributed by atoms with Crippen LogP contribution in [-0.2, 0) is 6.42 Å². The number of nitrogens with zero attached hydrogens (tertiary/aromatic N) is 1. The summed E-state index contributed by atoms with van der Waals surface area (Å²) in [6, 6.07) is 12.4. The lowest BCUT2D eigenvalue weighted by atomic mass is 10.1. The quantitative estimate of drug-likeness (QED) is 0.770. The number of halogens is 1. The molecule has 0 atom stereocenters. The van der Waals surface area contributed by atoms with Crippen LogP contribution in [0.3, 0.4) is 0 Å². The molecular weight excluding hydrogens is 253 g/mol. The van der Waals surface area contributed by atoms with Crippen LogP contribution in [0.1, 0.15) is 29.8 Å². The van der Waals surface area contributed by atoms with Crippen LogP contribution >= 0.6 is 0 Å². The lowest BCUT2D eigenvalue weighted by Crippen LogP contribution is -2.13. The van der Waals surface area contributed by atoms with Gasteiger partial charge in [0.15, 0.2) is 5.78 Å². The Bertz CT molecular complexity index is 619. The van der Waals surface area contributed by atoms with Crippen LogP contribution in [0.2, 0.25) is 0 Å². The average Bonchev–Trinajstić information content (AvgIpc) is 2.46. The van der Waals surface area contributed by atoms with Gasteiger partial charge in [0.2, 0.25) is 0 Å². The van der Waals surface area contributed by atoms with E-state index in [0.29, 0.717) is 11.3 Å². The summed E-state index contributed by atoms with van der Waals surface area (Å²) in [5, 5.41) is 0. The van der Waals surface area contributed by atoms with Gasteiger partial charge in [0.1, 0.15) is 5.82 Å². The van der Waals surface area contributed by atoms with E-state index >= 15 is 0 Å². The van der Waals surface area contributed by atoms with E-state index in [9.17, 15) is 9.18 Å². The van der Waals surface area contributed by atoms with Crippen LogP contribution in [0.5, 0.6) is 0 Å². The van der Waals surface area contributed by atoms with Crippen LogP contribution in [-0.4, -0.2) is 12.8 Å². The normalized spacial score (nSPS) is 10.4. The highest BCUT2D eigenvalue weighted by atomic mass is 19.1. The Morgan fingerprint density at radius 1 is 1.15 bits per heavy atom. The van der Waals surface area contributed by atoms with Crippen LogP contribution in [0, 0.1) is 5.82 Å². The van der Waals surface area contributed by atoms with Crippen molar-refractivity contribution in [2.75, 3.05) is 11.9 Å². The molecule has 0 bridgehead atoms. The second kappa shape index (κ2) is 5.87. The summed E-state index contributed by atoms with van der Waals surface area (Å²) >= 11 is 0. The maximum atomic E-state index is 13.3. The first-order chi connectivity index (χ1) is 9.52. The number of anilines is 2. The standard InChI is InChI=1S/C17H18FNO/c1-4-13-5-8-15(9-6-13)19(3)17-10-7-14(18)11-16(17)12(2)20/h5-11H,4H2,1-3H3. The van der Waals surface area contributed by atoms with E-state index in [2.05, 4.69) is 19.1 Å².